The molecule has 96 valence electrons. The Bertz CT molecular complexity index is 656. The van der Waals surface area contributed by atoms with Gasteiger partial charge in [-0.05, 0) is 23.6 Å². The summed E-state index contributed by atoms with van der Waals surface area (Å²) < 4.78 is 10.3. The summed E-state index contributed by atoms with van der Waals surface area (Å²) in [5.74, 6) is 1.05. The van der Waals surface area contributed by atoms with Crippen LogP contribution in [0, 0.1) is 0 Å². The number of aromatic nitrogens is 1. The molecule has 0 spiro atoms. The second-order valence-corrected chi connectivity index (χ2v) is 4.77. The molecule has 19 heavy (non-hydrogen) atoms. The van der Waals surface area contributed by atoms with Crippen LogP contribution in [-0.2, 0) is 6.54 Å². The number of thiophene rings is 1. The summed E-state index contributed by atoms with van der Waals surface area (Å²) in [6.45, 7) is 0.320. The first-order valence-corrected chi connectivity index (χ1v) is 6.52. The number of rotatable bonds is 4. The van der Waals surface area contributed by atoms with Gasteiger partial charge < -0.3 is 14.3 Å². The van der Waals surface area contributed by atoms with E-state index >= 15 is 0 Å². The average molecular weight is 274 g/mol. The van der Waals surface area contributed by atoms with Crippen molar-refractivity contribution in [1.29, 1.82) is 0 Å². The van der Waals surface area contributed by atoms with E-state index in [0.717, 1.165) is 0 Å². The highest BCUT2D eigenvalue weighted by molar-refractivity contribution is 7.12. The summed E-state index contributed by atoms with van der Waals surface area (Å²) in [6, 6.07) is 8.92. The standard InChI is InChI=1S/C13H10N2O3S/c16-13(12-4-2-6-19-12)14-8-9-7-11(18-15-9)10-3-1-5-17-10/h1-7H,8H2,(H,14,16). The van der Waals surface area contributed by atoms with E-state index in [4.69, 9.17) is 8.94 Å². The number of amides is 1. The highest BCUT2D eigenvalue weighted by Gasteiger charge is 2.11. The van der Waals surface area contributed by atoms with Crippen molar-refractivity contribution in [3.63, 3.8) is 0 Å². The number of nitrogens with one attached hydrogen (secondary N) is 1. The van der Waals surface area contributed by atoms with Crippen LogP contribution in [0.15, 0.2) is 50.9 Å². The molecule has 3 heterocycles. The highest BCUT2D eigenvalue weighted by Crippen LogP contribution is 2.20. The first-order chi connectivity index (χ1) is 9.33. The normalized spacial score (nSPS) is 10.5. The second-order valence-electron chi connectivity index (χ2n) is 3.82. The van der Waals surface area contributed by atoms with Crippen molar-refractivity contribution in [3.8, 4) is 11.5 Å². The molecule has 3 aromatic rings. The van der Waals surface area contributed by atoms with Crippen LogP contribution in [0.5, 0.6) is 0 Å². The molecule has 1 N–H and O–H groups in total. The molecule has 0 unspecified atom stereocenters. The van der Waals surface area contributed by atoms with E-state index in [2.05, 4.69) is 10.5 Å². The fraction of sp³-hybridized carbons (Fsp3) is 0.0769. The van der Waals surface area contributed by atoms with Crippen molar-refractivity contribution in [2.45, 2.75) is 6.54 Å². The second kappa shape index (κ2) is 5.11. The molecule has 0 bridgehead atoms. The summed E-state index contributed by atoms with van der Waals surface area (Å²) in [6.07, 6.45) is 1.57. The van der Waals surface area contributed by atoms with Crippen molar-refractivity contribution in [2.24, 2.45) is 0 Å². The Morgan fingerprint density at radius 1 is 1.32 bits per heavy atom. The number of carbonyl (C=O) groups excluding carboxylic acids is 1. The van der Waals surface area contributed by atoms with E-state index in [1.54, 1.807) is 30.5 Å². The number of furan rings is 1. The summed E-state index contributed by atoms with van der Waals surface area (Å²) >= 11 is 1.40. The van der Waals surface area contributed by atoms with Crippen molar-refractivity contribution in [1.82, 2.24) is 10.5 Å². The van der Waals surface area contributed by atoms with Gasteiger partial charge in [0.1, 0.15) is 5.69 Å². The Kier molecular flexibility index (Phi) is 3.16. The van der Waals surface area contributed by atoms with Gasteiger partial charge >= 0.3 is 0 Å². The maximum atomic E-state index is 11.7. The van der Waals surface area contributed by atoms with Gasteiger partial charge in [-0.2, -0.15) is 0 Å². The molecule has 0 radical (unpaired) electrons. The van der Waals surface area contributed by atoms with Gasteiger partial charge in [0, 0.05) is 6.07 Å². The van der Waals surface area contributed by atoms with E-state index in [0.29, 0.717) is 28.6 Å². The zero-order chi connectivity index (χ0) is 13.1. The van der Waals surface area contributed by atoms with Gasteiger partial charge in [-0.1, -0.05) is 11.2 Å². The maximum Gasteiger partial charge on any atom is 0.261 e. The molecule has 0 aliphatic rings. The Morgan fingerprint density at radius 2 is 2.26 bits per heavy atom. The van der Waals surface area contributed by atoms with E-state index in [9.17, 15) is 4.79 Å². The predicted molar refractivity (Wildman–Crippen MR) is 69.7 cm³/mol. The Morgan fingerprint density at radius 3 is 3.00 bits per heavy atom. The van der Waals surface area contributed by atoms with Gasteiger partial charge in [0.05, 0.1) is 17.7 Å². The van der Waals surface area contributed by atoms with Gasteiger partial charge in [-0.25, -0.2) is 0 Å². The molecule has 0 aliphatic heterocycles. The molecule has 1 amide bonds. The van der Waals surface area contributed by atoms with E-state index in [1.807, 2.05) is 11.4 Å². The average Bonchev–Trinajstić information content (AvgIpc) is 3.14. The largest absolute Gasteiger partial charge is 0.461 e. The van der Waals surface area contributed by atoms with Gasteiger partial charge in [0.15, 0.2) is 5.76 Å². The van der Waals surface area contributed by atoms with Crippen LogP contribution in [0.4, 0.5) is 0 Å². The summed E-state index contributed by atoms with van der Waals surface area (Å²) in [7, 11) is 0. The lowest BCUT2D eigenvalue weighted by atomic mass is 10.3. The first kappa shape index (κ1) is 11.7. The van der Waals surface area contributed by atoms with Crippen molar-refractivity contribution in [3.05, 3.63) is 52.5 Å². The minimum Gasteiger partial charge on any atom is -0.461 e. The molecule has 0 atom stereocenters. The van der Waals surface area contributed by atoms with Crippen molar-refractivity contribution in [2.75, 3.05) is 0 Å². The predicted octanol–water partition coefficient (Wildman–Crippen LogP) is 2.93. The third-order valence-corrected chi connectivity index (χ3v) is 3.37. The third kappa shape index (κ3) is 2.58. The zero-order valence-corrected chi connectivity index (χ0v) is 10.6. The molecule has 6 heteroatoms. The van der Waals surface area contributed by atoms with Crippen LogP contribution >= 0.6 is 11.3 Å². The van der Waals surface area contributed by atoms with E-state index in [1.165, 1.54) is 11.3 Å². The van der Waals surface area contributed by atoms with Crippen molar-refractivity contribution >= 4 is 17.2 Å². The minimum absolute atomic E-state index is 0.113. The molecule has 0 aromatic carbocycles. The highest BCUT2D eigenvalue weighted by atomic mass is 32.1. The lowest BCUT2D eigenvalue weighted by Crippen LogP contribution is -2.21. The Balaban J connectivity index is 1.63. The van der Waals surface area contributed by atoms with Crippen LogP contribution in [0.1, 0.15) is 15.4 Å². The molecule has 0 aliphatic carbocycles. The number of nitrogens with zero attached hydrogens (tertiary/aromatic N) is 1. The Labute approximate surface area is 112 Å². The van der Waals surface area contributed by atoms with Crippen LogP contribution < -0.4 is 5.32 Å². The van der Waals surface area contributed by atoms with Crippen LogP contribution in [0.25, 0.3) is 11.5 Å². The number of hydrogen-bond acceptors (Lipinski definition) is 5. The van der Waals surface area contributed by atoms with E-state index < -0.39 is 0 Å². The molecular weight excluding hydrogens is 264 g/mol. The van der Waals surface area contributed by atoms with Gasteiger partial charge in [-0.15, -0.1) is 11.3 Å². The Hall–Kier alpha value is -2.34. The molecule has 0 saturated carbocycles. The number of hydrogen-bond donors (Lipinski definition) is 1. The third-order valence-electron chi connectivity index (χ3n) is 2.50. The maximum absolute atomic E-state index is 11.7. The van der Waals surface area contributed by atoms with Crippen LogP contribution in [-0.4, -0.2) is 11.1 Å². The minimum atomic E-state index is -0.113. The monoisotopic (exact) mass is 274 g/mol. The molecule has 0 fully saturated rings. The van der Waals surface area contributed by atoms with Gasteiger partial charge in [0.2, 0.25) is 5.76 Å². The van der Waals surface area contributed by atoms with E-state index in [-0.39, 0.29) is 5.91 Å². The lowest BCUT2D eigenvalue weighted by molar-refractivity contribution is 0.0954. The molecule has 0 saturated heterocycles. The first-order valence-electron chi connectivity index (χ1n) is 5.64. The fourth-order valence-electron chi connectivity index (χ4n) is 1.60. The summed E-state index contributed by atoms with van der Waals surface area (Å²) in [5, 5.41) is 8.52. The SMILES string of the molecule is O=C(NCc1cc(-c2ccco2)on1)c1cccs1. The molecule has 5 nitrogen and oxygen atoms in total. The fourth-order valence-corrected chi connectivity index (χ4v) is 2.24. The molecule has 3 aromatic heterocycles. The van der Waals surface area contributed by atoms with Gasteiger partial charge in [-0.3, -0.25) is 4.79 Å². The topological polar surface area (TPSA) is 68.3 Å². The van der Waals surface area contributed by atoms with Crippen molar-refractivity contribution < 1.29 is 13.7 Å². The zero-order valence-electron chi connectivity index (χ0n) is 9.83. The van der Waals surface area contributed by atoms with Crippen LogP contribution in [0.3, 0.4) is 0 Å². The summed E-state index contributed by atoms with van der Waals surface area (Å²) in [4.78, 5) is 12.4. The number of carbonyl (C=O) groups is 1. The quantitative estimate of drug-likeness (QED) is 0.794. The molecule has 3 rings (SSSR count). The van der Waals surface area contributed by atoms with Gasteiger partial charge in [0.25, 0.3) is 5.91 Å². The summed E-state index contributed by atoms with van der Waals surface area (Å²) in [5.41, 5.74) is 0.649. The smallest absolute Gasteiger partial charge is 0.261 e. The lowest BCUT2D eigenvalue weighted by Gasteiger charge is -1.98. The van der Waals surface area contributed by atoms with Crippen LogP contribution in [0.2, 0.25) is 0 Å². The molecular formula is C13H10N2O3S.